The van der Waals surface area contributed by atoms with Crippen LogP contribution in [0.2, 0.25) is 0 Å². The Labute approximate surface area is 148 Å². The van der Waals surface area contributed by atoms with Crippen molar-refractivity contribution in [3.05, 3.63) is 42.2 Å². The molecule has 3 aliphatic carbocycles. The highest BCUT2D eigenvalue weighted by Gasteiger charge is 2.59. The van der Waals surface area contributed by atoms with E-state index in [9.17, 15) is 15.0 Å². The van der Waals surface area contributed by atoms with E-state index in [2.05, 4.69) is 19.6 Å². The largest absolute Gasteiger partial charge is 0.508 e. The average Bonchev–Trinajstić information content (AvgIpc) is 2.86. The predicted octanol–water partition coefficient (Wildman–Crippen LogP) is 3.52. The molecular weight excluding hydrogens is 316 g/mol. The Balaban J connectivity index is 1.65. The summed E-state index contributed by atoms with van der Waals surface area (Å²) in [5.74, 6) is 0.798. The van der Waals surface area contributed by atoms with Crippen LogP contribution in [-0.2, 0) is 16.0 Å². The van der Waals surface area contributed by atoms with E-state index in [4.69, 9.17) is 4.74 Å². The van der Waals surface area contributed by atoms with E-state index >= 15 is 0 Å². The van der Waals surface area contributed by atoms with Crippen LogP contribution in [0.25, 0.3) is 0 Å². The highest BCUT2D eigenvalue weighted by Crippen LogP contribution is 2.62. The second kappa shape index (κ2) is 5.87. The number of aliphatic hydroxyl groups excluding tert-OH is 1. The summed E-state index contributed by atoms with van der Waals surface area (Å²) in [4.78, 5) is 12.3. The first-order valence-electron chi connectivity index (χ1n) is 9.27. The van der Waals surface area contributed by atoms with Gasteiger partial charge in [0.05, 0.1) is 18.3 Å². The summed E-state index contributed by atoms with van der Waals surface area (Å²) in [6.45, 7) is 5.60. The van der Waals surface area contributed by atoms with Gasteiger partial charge in [-0.05, 0) is 78.5 Å². The summed E-state index contributed by atoms with van der Waals surface area (Å²) in [5.41, 5.74) is 2.38. The van der Waals surface area contributed by atoms with Gasteiger partial charge in [-0.1, -0.05) is 19.6 Å². The van der Waals surface area contributed by atoms with Crippen LogP contribution in [-0.4, -0.2) is 22.3 Å². The van der Waals surface area contributed by atoms with E-state index in [0.717, 1.165) is 31.9 Å². The first-order valence-corrected chi connectivity index (χ1v) is 9.27. The number of hydrogen-bond donors (Lipinski definition) is 2. The van der Waals surface area contributed by atoms with Crippen LogP contribution in [0.5, 0.6) is 5.75 Å². The number of carbonyl (C=O) groups is 1. The number of hydrogen-bond acceptors (Lipinski definition) is 4. The lowest BCUT2D eigenvalue weighted by Gasteiger charge is -2.50. The highest BCUT2D eigenvalue weighted by atomic mass is 16.5. The average molecular weight is 342 g/mol. The van der Waals surface area contributed by atoms with Gasteiger partial charge in [0, 0.05) is 0 Å². The van der Waals surface area contributed by atoms with Gasteiger partial charge in [0.15, 0.2) is 0 Å². The highest BCUT2D eigenvalue weighted by molar-refractivity contribution is 5.74. The monoisotopic (exact) mass is 342 g/mol. The molecule has 0 heterocycles. The van der Waals surface area contributed by atoms with Gasteiger partial charge in [-0.15, -0.1) is 0 Å². The quantitative estimate of drug-likeness (QED) is 0.637. The van der Waals surface area contributed by atoms with Crippen molar-refractivity contribution in [1.82, 2.24) is 0 Å². The van der Waals surface area contributed by atoms with Gasteiger partial charge >= 0.3 is 5.97 Å². The third-order valence-electron chi connectivity index (χ3n) is 7.21. The molecule has 0 aliphatic heterocycles. The predicted molar refractivity (Wildman–Crippen MR) is 93.9 cm³/mol. The fourth-order valence-electron chi connectivity index (χ4n) is 5.98. The summed E-state index contributed by atoms with van der Waals surface area (Å²) in [6, 6.07) is 5.74. The Morgan fingerprint density at radius 1 is 1.40 bits per heavy atom. The number of ether oxygens (including phenoxy) is 1. The summed E-state index contributed by atoms with van der Waals surface area (Å²) in [6.07, 6.45) is 5.15. The minimum atomic E-state index is -0.646. The van der Waals surface area contributed by atoms with E-state index in [0.29, 0.717) is 29.9 Å². The third-order valence-corrected chi connectivity index (χ3v) is 7.21. The van der Waals surface area contributed by atoms with Crippen molar-refractivity contribution in [2.45, 2.75) is 51.0 Å². The minimum Gasteiger partial charge on any atom is -0.508 e. The maximum Gasteiger partial charge on any atom is 0.316 e. The molecule has 2 saturated carbocycles. The van der Waals surface area contributed by atoms with Crippen molar-refractivity contribution in [3.8, 4) is 5.75 Å². The van der Waals surface area contributed by atoms with Crippen LogP contribution >= 0.6 is 0 Å². The van der Waals surface area contributed by atoms with Crippen LogP contribution < -0.4 is 0 Å². The number of aliphatic hydroxyl groups is 1. The molecule has 0 aromatic heterocycles. The first-order chi connectivity index (χ1) is 12.0. The standard InChI is InChI=1S/C21H26O4/c1-3-25-20(24)17-11-18-16-6-4-12-10-13(22)5-7-14(12)15(16)8-9-21(18,2)19(17)23/h3,5,7,10,15-19,22-23H,1,4,6,8-9,11H2,2H3/t15-,16-,17-,18+,19+,21+/m1/s1. The summed E-state index contributed by atoms with van der Waals surface area (Å²) in [5, 5.41) is 20.7. The number of benzene rings is 1. The molecule has 3 aliphatic rings. The molecule has 2 N–H and O–H groups in total. The lowest BCUT2D eigenvalue weighted by atomic mass is 9.55. The summed E-state index contributed by atoms with van der Waals surface area (Å²) in [7, 11) is 0. The Hall–Kier alpha value is -1.81. The third kappa shape index (κ3) is 2.42. The molecule has 6 atom stereocenters. The van der Waals surface area contributed by atoms with Gasteiger partial charge in [0.25, 0.3) is 0 Å². The van der Waals surface area contributed by atoms with Crippen molar-refractivity contribution in [3.63, 3.8) is 0 Å². The first kappa shape index (κ1) is 16.6. The molecule has 0 unspecified atom stereocenters. The number of aryl methyl sites for hydroxylation is 1. The molecule has 134 valence electrons. The fourth-order valence-corrected chi connectivity index (χ4v) is 5.98. The molecule has 25 heavy (non-hydrogen) atoms. The van der Waals surface area contributed by atoms with E-state index < -0.39 is 12.0 Å². The number of phenolic OH excluding ortho intramolecular Hbond substituents is 1. The zero-order valence-corrected chi connectivity index (χ0v) is 14.6. The zero-order valence-electron chi connectivity index (χ0n) is 14.6. The number of carbonyl (C=O) groups excluding carboxylic acids is 1. The molecule has 4 rings (SSSR count). The van der Waals surface area contributed by atoms with Crippen LogP contribution in [0, 0.1) is 23.2 Å². The molecule has 0 saturated heterocycles. The lowest BCUT2D eigenvalue weighted by molar-refractivity contribution is -0.147. The Bertz CT molecular complexity index is 712. The van der Waals surface area contributed by atoms with Crippen molar-refractivity contribution in [1.29, 1.82) is 0 Å². The lowest BCUT2D eigenvalue weighted by Crippen LogP contribution is -2.44. The Morgan fingerprint density at radius 3 is 2.96 bits per heavy atom. The molecule has 1 aromatic carbocycles. The zero-order chi connectivity index (χ0) is 17.8. The van der Waals surface area contributed by atoms with Gasteiger partial charge in [-0.2, -0.15) is 0 Å². The topological polar surface area (TPSA) is 66.8 Å². The second-order valence-electron chi connectivity index (χ2n) is 8.23. The SMILES string of the molecule is C=COC(=O)[C@@H]1C[C@H]2[C@@H]3CCc4cc(O)ccc4[C@H]3CC[C@]2(C)[C@H]1O. The van der Waals surface area contributed by atoms with E-state index in [1.165, 1.54) is 11.1 Å². The molecule has 4 heteroatoms. The molecule has 4 nitrogen and oxygen atoms in total. The minimum absolute atomic E-state index is 0.222. The van der Waals surface area contributed by atoms with Gasteiger partial charge in [-0.25, -0.2) is 0 Å². The Morgan fingerprint density at radius 2 is 2.20 bits per heavy atom. The normalized spacial score (nSPS) is 39.0. The van der Waals surface area contributed by atoms with Crippen LogP contribution in [0.1, 0.15) is 49.7 Å². The molecule has 1 aromatic rings. The molecular formula is C21H26O4. The van der Waals surface area contributed by atoms with Crippen molar-refractivity contribution in [2.75, 3.05) is 0 Å². The van der Waals surface area contributed by atoms with Crippen LogP contribution in [0.4, 0.5) is 0 Å². The molecule has 0 bridgehead atoms. The number of fused-ring (bicyclic) bond motifs is 5. The van der Waals surface area contributed by atoms with Gasteiger partial charge in [0.2, 0.25) is 0 Å². The molecule has 2 fully saturated rings. The molecule has 0 spiro atoms. The van der Waals surface area contributed by atoms with Crippen molar-refractivity contribution < 1.29 is 19.7 Å². The van der Waals surface area contributed by atoms with Gasteiger partial charge < -0.3 is 14.9 Å². The maximum absolute atomic E-state index is 12.3. The van der Waals surface area contributed by atoms with Crippen LogP contribution in [0.3, 0.4) is 0 Å². The molecule has 0 amide bonds. The van der Waals surface area contributed by atoms with E-state index in [1.54, 1.807) is 6.07 Å². The maximum atomic E-state index is 12.3. The second-order valence-corrected chi connectivity index (χ2v) is 8.23. The summed E-state index contributed by atoms with van der Waals surface area (Å²) < 4.78 is 4.99. The van der Waals surface area contributed by atoms with Gasteiger partial charge in [-0.3, -0.25) is 4.79 Å². The van der Waals surface area contributed by atoms with Crippen LogP contribution in [0.15, 0.2) is 31.0 Å². The molecule has 0 radical (unpaired) electrons. The number of esters is 1. The number of aromatic hydroxyl groups is 1. The van der Waals surface area contributed by atoms with E-state index in [-0.39, 0.29) is 11.4 Å². The number of phenols is 1. The summed E-state index contributed by atoms with van der Waals surface area (Å²) >= 11 is 0. The smallest absolute Gasteiger partial charge is 0.316 e. The van der Waals surface area contributed by atoms with Crippen molar-refractivity contribution in [2.24, 2.45) is 23.2 Å². The fraction of sp³-hybridized carbons (Fsp3) is 0.571. The number of rotatable bonds is 2. The Kier molecular flexibility index (Phi) is 3.91. The van der Waals surface area contributed by atoms with Crippen molar-refractivity contribution >= 4 is 5.97 Å². The van der Waals surface area contributed by atoms with Gasteiger partial charge in [0.1, 0.15) is 5.75 Å². The van der Waals surface area contributed by atoms with E-state index in [1.807, 2.05) is 6.07 Å².